The molecule has 5 nitrogen and oxygen atoms in total. The SMILES string of the molecule is N#Cc1cccc(CC(C(=O)O)c2ccc3c(c2)OCO3)c1. The third-order valence-electron chi connectivity index (χ3n) is 3.59. The molecule has 1 unspecified atom stereocenters. The van der Waals surface area contributed by atoms with Crippen LogP contribution < -0.4 is 9.47 Å². The van der Waals surface area contributed by atoms with Crippen LogP contribution in [-0.4, -0.2) is 17.9 Å². The van der Waals surface area contributed by atoms with Gasteiger partial charge in [0.15, 0.2) is 11.5 Å². The van der Waals surface area contributed by atoms with E-state index in [9.17, 15) is 9.90 Å². The fourth-order valence-electron chi connectivity index (χ4n) is 2.48. The molecule has 2 aromatic rings. The first kappa shape index (κ1) is 14.0. The molecule has 5 heteroatoms. The van der Waals surface area contributed by atoms with Crippen molar-refractivity contribution in [3.8, 4) is 17.6 Å². The fourth-order valence-corrected chi connectivity index (χ4v) is 2.48. The minimum Gasteiger partial charge on any atom is -0.481 e. The van der Waals surface area contributed by atoms with Crippen molar-refractivity contribution in [3.05, 3.63) is 59.2 Å². The van der Waals surface area contributed by atoms with Crippen molar-refractivity contribution in [2.75, 3.05) is 6.79 Å². The molecule has 22 heavy (non-hydrogen) atoms. The number of carbonyl (C=O) groups is 1. The van der Waals surface area contributed by atoms with E-state index in [-0.39, 0.29) is 6.79 Å². The quantitative estimate of drug-likeness (QED) is 0.938. The van der Waals surface area contributed by atoms with Crippen LogP contribution in [0.15, 0.2) is 42.5 Å². The molecule has 3 rings (SSSR count). The topological polar surface area (TPSA) is 79.6 Å². The first-order valence-corrected chi connectivity index (χ1v) is 6.79. The number of carboxylic acids is 1. The van der Waals surface area contributed by atoms with Crippen molar-refractivity contribution < 1.29 is 19.4 Å². The number of aliphatic carboxylic acids is 1. The number of ether oxygens (including phenoxy) is 2. The predicted octanol–water partition coefficient (Wildman–Crippen LogP) is 2.70. The molecule has 0 radical (unpaired) electrons. The van der Waals surface area contributed by atoms with E-state index in [1.807, 2.05) is 6.07 Å². The van der Waals surface area contributed by atoms with E-state index in [0.717, 1.165) is 5.56 Å². The first-order chi connectivity index (χ1) is 10.7. The Morgan fingerprint density at radius 1 is 1.23 bits per heavy atom. The van der Waals surface area contributed by atoms with Crippen molar-refractivity contribution in [2.45, 2.75) is 12.3 Å². The van der Waals surface area contributed by atoms with E-state index in [1.165, 1.54) is 0 Å². The number of fused-ring (bicyclic) bond motifs is 1. The van der Waals surface area contributed by atoms with Crippen molar-refractivity contribution >= 4 is 5.97 Å². The van der Waals surface area contributed by atoms with Crippen molar-refractivity contribution in [2.24, 2.45) is 0 Å². The monoisotopic (exact) mass is 295 g/mol. The molecule has 0 spiro atoms. The van der Waals surface area contributed by atoms with Crippen LogP contribution in [0.2, 0.25) is 0 Å². The fraction of sp³-hybridized carbons (Fsp3) is 0.176. The molecule has 1 aliphatic rings. The number of carboxylic acid groups (broad SMARTS) is 1. The van der Waals surface area contributed by atoms with E-state index in [0.29, 0.717) is 29.0 Å². The van der Waals surface area contributed by atoms with Crippen LogP contribution in [-0.2, 0) is 11.2 Å². The van der Waals surface area contributed by atoms with Crippen LogP contribution >= 0.6 is 0 Å². The van der Waals surface area contributed by atoms with Crippen molar-refractivity contribution in [3.63, 3.8) is 0 Å². The summed E-state index contributed by atoms with van der Waals surface area (Å²) >= 11 is 0. The standard InChI is InChI=1S/C17H13NO4/c18-9-12-3-1-2-11(6-12)7-14(17(19)20)13-4-5-15-16(8-13)22-10-21-15/h1-6,8,14H,7,10H2,(H,19,20). The molecule has 0 aromatic heterocycles. The van der Waals surface area contributed by atoms with Gasteiger partial charge in [-0.3, -0.25) is 4.79 Å². The highest BCUT2D eigenvalue weighted by atomic mass is 16.7. The number of rotatable bonds is 4. The minimum atomic E-state index is -0.916. The maximum Gasteiger partial charge on any atom is 0.311 e. The lowest BCUT2D eigenvalue weighted by Gasteiger charge is -2.13. The van der Waals surface area contributed by atoms with Gasteiger partial charge in [0, 0.05) is 0 Å². The molecule has 0 bridgehead atoms. The summed E-state index contributed by atoms with van der Waals surface area (Å²) in [7, 11) is 0. The van der Waals surface area contributed by atoms with E-state index in [2.05, 4.69) is 6.07 Å². The maximum absolute atomic E-state index is 11.6. The van der Waals surface area contributed by atoms with Gasteiger partial charge in [-0.2, -0.15) is 5.26 Å². The average Bonchev–Trinajstić information content (AvgIpc) is 3.00. The zero-order valence-electron chi connectivity index (χ0n) is 11.7. The molecule has 0 amide bonds. The summed E-state index contributed by atoms with van der Waals surface area (Å²) in [5, 5.41) is 18.5. The van der Waals surface area contributed by atoms with Gasteiger partial charge in [-0.25, -0.2) is 0 Å². The van der Waals surface area contributed by atoms with Crippen LogP contribution in [0.25, 0.3) is 0 Å². The Balaban J connectivity index is 1.90. The molecule has 0 saturated carbocycles. The van der Waals surface area contributed by atoms with Crippen LogP contribution in [0, 0.1) is 11.3 Å². The summed E-state index contributed by atoms with van der Waals surface area (Å²) in [6.07, 6.45) is 0.310. The largest absolute Gasteiger partial charge is 0.481 e. The lowest BCUT2D eigenvalue weighted by molar-refractivity contribution is -0.138. The summed E-state index contributed by atoms with van der Waals surface area (Å²) in [5.41, 5.74) is 1.98. The molecule has 2 aromatic carbocycles. The molecule has 0 aliphatic carbocycles. The van der Waals surface area contributed by atoms with Crippen molar-refractivity contribution in [1.82, 2.24) is 0 Å². The third kappa shape index (κ3) is 2.72. The predicted molar refractivity (Wildman–Crippen MR) is 77.8 cm³/mol. The van der Waals surface area contributed by atoms with E-state index in [4.69, 9.17) is 14.7 Å². The Morgan fingerprint density at radius 3 is 2.82 bits per heavy atom. The second-order valence-corrected chi connectivity index (χ2v) is 5.02. The molecule has 1 aliphatic heterocycles. The molecule has 110 valence electrons. The van der Waals surface area contributed by atoms with Gasteiger partial charge < -0.3 is 14.6 Å². The highest BCUT2D eigenvalue weighted by Gasteiger charge is 2.23. The average molecular weight is 295 g/mol. The summed E-state index contributed by atoms with van der Waals surface area (Å²) < 4.78 is 10.5. The second kappa shape index (κ2) is 5.78. The number of hydrogen-bond acceptors (Lipinski definition) is 4. The Morgan fingerprint density at radius 2 is 2.05 bits per heavy atom. The molecule has 0 fully saturated rings. The summed E-state index contributed by atoms with van der Waals surface area (Å²) in [6.45, 7) is 0.154. The third-order valence-corrected chi connectivity index (χ3v) is 3.59. The molecule has 1 N–H and O–H groups in total. The Labute approximate surface area is 127 Å². The van der Waals surface area contributed by atoms with E-state index < -0.39 is 11.9 Å². The second-order valence-electron chi connectivity index (χ2n) is 5.02. The number of hydrogen-bond donors (Lipinski definition) is 1. The maximum atomic E-state index is 11.6. The summed E-state index contributed by atoms with van der Waals surface area (Å²) in [4.78, 5) is 11.6. The minimum absolute atomic E-state index is 0.154. The Hall–Kier alpha value is -3.00. The van der Waals surface area contributed by atoms with Crippen LogP contribution in [0.5, 0.6) is 11.5 Å². The zero-order chi connectivity index (χ0) is 15.5. The highest BCUT2D eigenvalue weighted by Crippen LogP contribution is 2.35. The molecular formula is C17H13NO4. The van der Waals surface area contributed by atoms with Gasteiger partial charge in [0.1, 0.15) is 0 Å². The first-order valence-electron chi connectivity index (χ1n) is 6.79. The lowest BCUT2D eigenvalue weighted by atomic mass is 9.91. The van der Waals surface area contributed by atoms with Gasteiger partial charge in [-0.1, -0.05) is 18.2 Å². The highest BCUT2D eigenvalue weighted by molar-refractivity contribution is 5.77. The van der Waals surface area contributed by atoms with E-state index in [1.54, 1.807) is 36.4 Å². The molecule has 1 atom stereocenters. The number of benzene rings is 2. The Kier molecular flexibility index (Phi) is 3.67. The smallest absolute Gasteiger partial charge is 0.311 e. The summed E-state index contributed by atoms with van der Waals surface area (Å²) in [5.74, 6) is -0.432. The van der Waals surface area contributed by atoms with Gasteiger partial charge in [0.05, 0.1) is 17.6 Å². The van der Waals surface area contributed by atoms with Crippen molar-refractivity contribution in [1.29, 1.82) is 5.26 Å². The normalized spacial score (nSPS) is 13.4. The summed E-state index contributed by atoms with van der Waals surface area (Å²) in [6, 6.07) is 14.2. The van der Waals surface area contributed by atoms with E-state index >= 15 is 0 Å². The van der Waals surface area contributed by atoms with Gasteiger partial charge in [0.25, 0.3) is 0 Å². The van der Waals surface area contributed by atoms with Crippen LogP contribution in [0.3, 0.4) is 0 Å². The van der Waals surface area contributed by atoms with Crippen LogP contribution in [0.4, 0.5) is 0 Å². The zero-order valence-corrected chi connectivity index (χ0v) is 11.7. The Bertz CT molecular complexity index is 763. The van der Waals surface area contributed by atoms with Crippen LogP contribution in [0.1, 0.15) is 22.6 Å². The van der Waals surface area contributed by atoms with Gasteiger partial charge in [-0.15, -0.1) is 0 Å². The van der Waals surface area contributed by atoms with Gasteiger partial charge in [-0.05, 0) is 41.8 Å². The molecule has 0 saturated heterocycles. The lowest BCUT2D eigenvalue weighted by Crippen LogP contribution is -2.14. The van der Waals surface area contributed by atoms with Gasteiger partial charge >= 0.3 is 5.97 Å². The number of nitrogens with zero attached hydrogens (tertiary/aromatic N) is 1. The molecular weight excluding hydrogens is 282 g/mol. The van der Waals surface area contributed by atoms with Gasteiger partial charge in [0.2, 0.25) is 6.79 Å². The molecule has 1 heterocycles. The number of nitriles is 1.